The summed E-state index contributed by atoms with van der Waals surface area (Å²) in [7, 11) is 0. The minimum atomic E-state index is 0.509. The van der Waals surface area contributed by atoms with Gasteiger partial charge in [-0.05, 0) is 83.9 Å². The molecule has 0 saturated heterocycles. The molecule has 8 rings (SSSR count). The third kappa shape index (κ3) is 7.75. The lowest BCUT2D eigenvalue weighted by Crippen LogP contribution is -1.99. The molecule has 8 aromatic carbocycles. The Morgan fingerprint density at radius 3 is 0.792 bits per heavy atom. The van der Waals surface area contributed by atoms with Crippen LogP contribution < -0.4 is 23.7 Å². The summed E-state index contributed by atoms with van der Waals surface area (Å²) < 4.78 is 33.4. The molecule has 0 aromatic heterocycles. The SMILES string of the molecule is c1ccc(Oc2ccc(Oc3ccc(Oc4ccccc4)c(Oc4ccccc4)c3-c3ccccc3)c(-c3ccccc3)c2Oc2ccccc2)cc1. The molecular weight excluding hydrogens is 657 g/mol. The third-order valence-electron chi connectivity index (χ3n) is 8.38. The average Bonchev–Trinajstić information content (AvgIpc) is 3.22. The van der Waals surface area contributed by atoms with Gasteiger partial charge in [-0.15, -0.1) is 0 Å². The minimum absolute atomic E-state index is 0.509. The molecule has 0 fully saturated rings. The summed E-state index contributed by atoms with van der Waals surface area (Å²) in [6.45, 7) is 0. The lowest BCUT2D eigenvalue weighted by Gasteiger charge is -2.22. The highest BCUT2D eigenvalue weighted by Gasteiger charge is 2.25. The predicted molar refractivity (Wildman–Crippen MR) is 210 cm³/mol. The normalized spacial score (nSPS) is 10.6. The van der Waals surface area contributed by atoms with Crippen molar-refractivity contribution in [3.63, 3.8) is 0 Å². The van der Waals surface area contributed by atoms with E-state index in [2.05, 4.69) is 0 Å². The van der Waals surface area contributed by atoms with Gasteiger partial charge >= 0.3 is 0 Å². The minimum Gasteiger partial charge on any atom is -0.456 e. The van der Waals surface area contributed by atoms with E-state index in [4.69, 9.17) is 23.7 Å². The Balaban J connectivity index is 1.33. The Morgan fingerprint density at radius 2 is 0.472 bits per heavy atom. The molecule has 0 aliphatic heterocycles. The van der Waals surface area contributed by atoms with Crippen LogP contribution in [0.1, 0.15) is 0 Å². The summed E-state index contributed by atoms with van der Waals surface area (Å²) in [6, 6.07) is 66.3. The maximum atomic E-state index is 7.05. The van der Waals surface area contributed by atoms with Gasteiger partial charge in [0.15, 0.2) is 23.0 Å². The summed E-state index contributed by atoms with van der Waals surface area (Å²) in [4.78, 5) is 0. The van der Waals surface area contributed by atoms with Crippen LogP contribution in [0.25, 0.3) is 22.3 Å². The summed E-state index contributed by atoms with van der Waals surface area (Å²) in [5.74, 6) is 5.89. The standard InChI is InChI=1S/C48H34O5/c1-7-19-35(20-8-1)45-41(31-33-43(49-37-23-11-3-12-24-37)47(45)51-39-27-15-5-16-28-39)53-42-32-34-44(50-38-25-13-4-14-26-38)48(52-40-29-17-6-18-30-40)46(42)36-21-9-2-10-22-36/h1-34H. The van der Waals surface area contributed by atoms with Crippen molar-refractivity contribution in [2.24, 2.45) is 0 Å². The van der Waals surface area contributed by atoms with E-state index in [1.807, 2.05) is 206 Å². The first-order chi connectivity index (χ1) is 26.3. The largest absolute Gasteiger partial charge is 0.456 e. The monoisotopic (exact) mass is 690 g/mol. The van der Waals surface area contributed by atoms with Crippen LogP contribution in [0.15, 0.2) is 206 Å². The third-order valence-corrected chi connectivity index (χ3v) is 8.38. The molecule has 0 N–H and O–H groups in total. The van der Waals surface area contributed by atoms with Crippen LogP contribution in [-0.4, -0.2) is 0 Å². The number of para-hydroxylation sites is 4. The molecule has 5 heteroatoms. The van der Waals surface area contributed by atoms with Gasteiger partial charge in [0.05, 0.1) is 11.1 Å². The fourth-order valence-corrected chi connectivity index (χ4v) is 5.94. The lowest BCUT2D eigenvalue weighted by atomic mass is 10.0. The van der Waals surface area contributed by atoms with E-state index < -0.39 is 0 Å². The second-order valence-corrected chi connectivity index (χ2v) is 12.0. The molecule has 256 valence electrons. The summed E-state index contributed by atoms with van der Waals surface area (Å²) in [5.41, 5.74) is 3.21. The van der Waals surface area contributed by atoms with Gasteiger partial charge in [-0.1, -0.05) is 133 Å². The molecule has 0 amide bonds. The van der Waals surface area contributed by atoms with E-state index in [9.17, 15) is 0 Å². The van der Waals surface area contributed by atoms with Crippen molar-refractivity contribution in [1.29, 1.82) is 0 Å². The molecule has 53 heavy (non-hydrogen) atoms. The maximum Gasteiger partial charge on any atom is 0.181 e. The summed E-state index contributed by atoms with van der Waals surface area (Å²) in [5, 5.41) is 0. The van der Waals surface area contributed by atoms with Gasteiger partial charge in [0.25, 0.3) is 0 Å². The van der Waals surface area contributed by atoms with Gasteiger partial charge in [0.1, 0.15) is 34.5 Å². The fourth-order valence-electron chi connectivity index (χ4n) is 5.94. The molecular formula is C48H34O5. The maximum absolute atomic E-state index is 7.05. The van der Waals surface area contributed by atoms with Gasteiger partial charge in [-0.2, -0.15) is 0 Å². The van der Waals surface area contributed by atoms with E-state index in [-0.39, 0.29) is 0 Å². The number of ether oxygens (including phenoxy) is 5. The first-order valence-corrected chi connectivity index (χ1v) is 17.3. The van der Waals surface area contributed by atoms with E-state index in [0.29, 0.717) is 57.5 Å². The Morgan fingerprint density at radius 1 is 0.208 bits per heavy atom. The molecule has 0 unspecified atom stereocenters. The molecule has 0 saturated carbocycles. The lowest BCUT2D eigenvalue weighted by molar-refractivity contribution is 0.409. The van der Waals surface area contributed by atoms with Crippen LogP contribution in [0.3, 0.4) is 0 Å². The zero-order chi connectivity index (χ0) is 35.7. The van der Waals surface area contributed by atoms with Crippen LogP contribution in [0, 0.1) is 0 Å². The molecule has 0 spiro atoms. The summed E-state index contributed by atoms with van der Waals surface area (Å²) in [6.07, 6.45) is 0. The van der Waals surface area contributed by atoms with Crippen LogP contribution in [0.4, 0.5) is 0 Å². The van der Waals surface area contributed by atoms with Crippen molar-refractivity contribution in [1.82, 2.24) is 0 Å². The van der Waals surface area contributed by atoms with E-state index in [0.717, 1.165) is 22.3 Å². The molecule has 0 aliphatic rings. The van der Waals surface area contributed by atoms with Crippen LogP contribution in [0.5, 0.6) is 57.5 Å². The molecule has 0 bridgehead atoms. The number of hydrogen-bond acceptors (Lipinski definition) is 5. The number of hydrogen-bond donors (Lipinski definition) is 0. The topological polar surface area (TPSA) is 46.2 Å². The van der Waals surface area contributed by atoms with Gasteiger partial charge in [-0.25, -0.2) is 0 Å². The second-order valence-electron chi connectivity index (χ2n) is 12.0. The first-order valence-electron chi connectivity index (χ1n) is 17.3. The van der Waals surface area contributed by atoms with Crippen molar-refractivity contribution < 1.29 is 23.7 Å². The Labute approximate surface area is 308 Å². The smallest absolute Gasteiger partial charge is 0.181 e. The van der Waals surface area contributed by atoms with Crippen LogP contribution >= 0.6 is 0 Å². The van der Waals surface area contributed by atoms with Crippen molar-refractivity contribution in [3.05, 3.63) is 206 Å². The van der Waals surface area contributed by atoms with Crippen molar-refractivity contribution in [3.8, 4) is 79.7 Å². The Hall–Kier alpha value is -7.24. The van der Waals surface area contributed by atoms with Crippen LogP contribution in [-0.2, 0) is 0 Å². The molecule has 0 radical (unpaired) electrons. The zero-order valence-corrected chi connectivity index (χ0v) is 28.7. The molecule has 5 nitrogen and oxygen atoms in total. The quantitative estimate of drug-likeness (QED) is 0.128. The summed E-state index contributed by atoms with van der Waals surface area (Å²) >= 11 is 0. The average molecular weight is 691 g/mol. The fraction of sp³-hybridized carbons (Fsp3) is 0. The van der Waals surface area contributed by atoms with Gasteiger partial charge in [-0.3, -0.25) is 0 Å². The highest BCUT2D eigenvalue weighted by molar-refractivity contribution is 5.84. The number of rotatable bonds is 12. The Kier molecular flexibility index (Phi) is 9.79. The van der Waals surface area contributed by atoms with Crippen LogP contribution in [0.2, 0.25) is 0 Å². The predicted octanol–water partition coefficient (Wildman–Crippen LogP) is 14.0. The van der Waals surface area contributed by atoms with E-state index in [1.54, 1.807) is 0 Å². The highest BCUT2D eigenvalue weighted by atomic mass is 16.5. The Bertz CT molecular complexity index is 2210. The zero-order valence-electron chi connectivity index (χ0n) is 28.7. The first kappa shape index (κ1) is 32.9. The number of benzene rings is 8. The van der Waals surface area contributed by atoms with E-state index >= 15 is 0 Å². The van der Waals surface area contributed by atoms with Crippen molar-refractivity contribution >= 4 is 0 Å². The van der Waals surface area contributed by atoms with Gasteiger partial charge < -0.3 is 23.7 Å². The van der Waals surface area contributed by atoms with Gasteiger partial charge in [0, 0.05) is 0 Å². The van der Waals surface area contributed by atoms with Crippen molar-refractivity contribution in [2.45, 2.75) is 0 Å². The molecule has 0 atom stereocenters. The van der Waals surface area contributed by atoms with Gasteiger partial charge in [0.2, 0.25) is 0 Å². The van der Waals surface area contributed by atoms with Crippen molar-refractivity contribution in [2.75, 3.05) is 0 Å². The highest BCUT2D eigenvalue weighted by Crippen LogP contribution is 2.52. The molecule has 0 heterocycles. The molecule has 8 aromatic rings. The molecule has 0 aliphatic carbocycles. The van der Waals surface area contributed by atoms with E-state index in [1.165, 1.54) is 0 Å². The second kappa shape index (κ2) is 15.8.